The summed E-state index contributed by atoms with van der Waals surface area (Å²) in [5.74, 6) is 2.22. The summed E-state index contributed by atoms with van der Waals surface area (Å²) >= 11 is 0. The lowest BCUT2D eigenvalue weighted by Gasteiger charge is -2.34. The predicted molar refractivity (Wildman–Crippen MR) is 128 cm³/mol. The van der Waals surface area contributed by atoms with Crippen LogP contribution in [0.1, 0.15) is 56.3 Å². The molecule has 1 aliphatic carbocycles. The number of H-pyrrole nitrogens is 1. The zero-order chi connectivity index (χ0) is 23.6. The summed E-state index contributed by atoms with van der Waals surface area (Å²) in [6, 6.07) is 6.19. The van der Waals surface area contributed by atoms with Gasteiger partial charge in [0.2, 0.25) is 0 Å². The van der Waals surface area contributed by atoms with E-state index in [-0.39, 0.29) is 11.7 Å². The molecule has 0 amide bonds. The van der Waals surface area contributed by atoms with Crippen LogP contribution in [0.15, 0.2) is 23.0 Å². The number of hydrogen-bond acceptors (Lipinski definition) is 8. The Bertz CT molecular complexity index is 1230. The fourth-order valence-corrected chi connectivity index (χ4v) is 5.53. The van der Waals surface area contributed by atoms with Crippen LogP contribution in [0.5, 0.6) is 11.5 Å². The second-order valence-corrected chi connectivity index (χ2v) is 9.82. The molecule has 10 nitrogen and oxygen atoms in total. The molecule has 0 radical (unpaired) electrons. The number of fused-ring (bicyclic) bond motifs is 2. The zero-order valence-electron chi connectivity index (χ0n) is 19.9. The van der Waals surface area contributed by atoms with Gasteiger partial charge in [0.05, 0.1) is 24.7 Å². The van der Waals surface area contributed by atoms with Gasteiger partial charge in [-0.3, -0.25) is 9.69 Å². The van der Waals surface area contributed by atoms with Gasteiger partial charge in [0.1, 0.15) is 13.2 Å². The van der Waals surface area contributed by atoms with E-state index in [9.17, 15) is 4.79 Å². The van der Waals surface area contributed by atoms with E-state index in [1.807, 2.05) is 22.9 Å². The number of nitrogens with zero attached hydrogens (tertiary/aromatic N) is 5. The first-order valence-electron chi connectivity index (χ1n) is 12.8. The van der Waals surface area contributed by atoms with Crippen LogP contribution in [0.3, 0.4) is 0 Å². The standard InChI is InChI=1S/C25H32N6O4/c32-25-18(11-17-12-22-23(13-21(17)26-25)35-10-9-34-22)14-30(19-5-2-1-3-6-19)16-24-27-28-29-31(24)15-20-7-4-8-33-20/h11-13,19-20H,1-10,14-16H2,(H,26,32). The van der Waals surface area contributed by atoms with Gasteiger partial charge in [-0.05, 0) is 48.2 Å². The van der Waals surface area contributed by atoms with Gasteiger partial charge >= 0.3 is 0 Å². The lowest BCUT2D eigenvalue weighted by atomic mass is 9.93. The van der Waals surface area contributed by atoms with E-state index in [4.69, 9.17) is 14.2 Å². The Hall–Kier alpha value is -2.98. The fraction of sp³-hybridized carbons (Fsp3) is 0.600. The highest BCUT2D eigenvalue weighted by atomic mass is 16.6. The SMILES string of the molecule is O=c1[nH]c2cc3c(cc2cc1CN(Cc1nnnn1CC1CCCO1)C1CCCCC1)OCCO3. The molecule has 10 heteroatoms. The van der Waals surface area contributed by atoms with Gasteiger partial charge in [-0.1, -0.05) is 19.3 Å². The summed E-state index contributed by atoms with van der Waals surface area (Å²) in [6.45, 7) is 3.67. The Labute approximate surface area is 203 Å². The summed E-state index contributed by atoms with van der Waals surface area (Å²) in [7, 11) is 0. The maximum Gasteiger partial charge on any atom is 0.252 e. The Morgan fingerprint density at radius 1 is 0.971 bits per heavy atom. The van der Waals surface area contributed by atoms with Crippen molar-refractivity contribution in [1.29, 1.82) is 0 Å². The fourth-order valence-electron chi connectivity index (χ4n) is 5.53. The molecular weight excluding hydrogens is 448 g/mol. The average molecular weight is 481 g/mol. The molecule has 35 heavy (non-hydrogen) atoms. The van der Waals surface area contributed by atoms with Crippen molar-refractivity contribution >= 4 is 10.9 Å². The van der Waals surface area contributed by atoms with E-state index in [1.165, 1.54) is 19.3 Å². The number of benzene rings is 1. The van der Waals surface area contributed by atoms with E-state index in [0.717, 1.165) is 60.3 Å². The van der Waals surface area contributed by atoms with E-state index in [1.54, 1.807) is 0 Å². The molecule has 2 aliphatic heterocycles. The summed E-state index contributed by atoms with van der Waals surface area (Å²) in [5.41, 5.74) is 1.42. The van der Waals surface area contributed by atoms with Gasteiger partial charge in [0.15, 0.2) is 17.3 Å². The number of ether oxygens (including phenoxy) is 3. The van der Waals surface area contributed by atoms with Crippen LogP contribution in [0, 0.1) is 0 Å². The van der Waals surface area contributed by atoms with Crippen LogP contribution in [-0.4, -0.2) is 62.1 Å². The minimum absolute atomic E-state index is 0.0751. The quantitative estimate of drug-likeness (QED) is 0.550. The predicted octanol–water partition coefficient (Wildman–Crippen LogP) is 2.80. The van der Waals surface area contributed by atoms with Gasteiger partial charge in [-0.2, -0.15) is 0 Å². The van der Waals surface area contributed by atoms with Gasteiger partial charge in [0.25, 0.3) is 5.56 Å². The lowest BCUT2D eigenvalue weighted by Crippen LogP contribution is -2.38. The number of nitrogens with one attached hydrogen (secondary N) is 1. The highest BCUT2D eigenvalue weighted by molar-refractivity contribution is 5.83. The van der Waals surface area contributed by atoms with Gasteiger partial charge in [0, 0.05) is 36.2 Å². The third-order valence-corrected chi connectivity index (χ3v) is 7.40. The zero-order valence-corrected chi connectivity index (χ0v) is 19.9. The van der Waals surface area contributed by atoms with E-state index in [2.05, 4.69) is 25.4 Å². The van der Waals surface area contributed by atoms with Crippen molar-refractivity contribution in [1.82, 2.24) is 30.1 Å². The number of rotatable bonds is 7. The molecule has 4 heterocycles. The summed E-state index contributed by atoms with van der Waals surface area (Å²) in [5, 5.41) is 13.5. The molecule has 2 fully saturated rings. The minimum Gasteiger partial charge on any atom is -0.486 e. The molecule has 1 atom stereocenters. The second kappa shape index (κ2) is 9.94. The number of aromatic nitrogens is 5. The van der Waals surface area contributed by atoms with Gasteiger partial charge in [-0.15, -0.1) is 5.10 Å². The maximum absolute atomic E-state index is 13.1. The van der Waals surface area contributed by atoms with Crippen molar-refractivity contribution < 1.29 is 14.2 Å². The van der Waals surface area contributed by atoms with Crippen molar-refractivity contribution in [3.63, 3.8) is 0 Å². The molecule has 186 valence electrons. The molecule has 1 saturated heterocycles. The monoisotopic (exact) mass is 480 g/mol. The molecule has 0 bridgehead atoms. The molecule has 3 aromatic rings. The van der Waals surface area contributed by atoms with Crippen LogP contribution >= 0.6 is 0 Å². The van der Waals surface area contributed by atoms with Crippen LogP contribution in [-0.2, 0) is 24.4 Å². The smallest absolute Gasteiger partial charge is 0.252 e. The molecular formula is C25H32N6O4. The van der Waals surface area contributed by atoms with Crippen LogP contribution < -0.4 is 15.0 Å². The molecule has 1 unspecified atom stereocenters. The summed E-state index contributed by atoms with van der Waals surface area (Å²) < 4.78 is 19.1. The van der Waals surface area contributed by atoms with Crippen molar-refractivity contribution in [2.75, 3.05) is 19.8 Å². The van der Waals surface area contributed by atoms with Crippen molar-refractivity contribution in [3.05, 3.63) is 39.9 Å². The molecule has 1 saturated carbocycles. The summed E-state index contributed by atoms with van der Waals surface area (Å²) in [6.07, 6.45) is 8.22. The number of tetrazole rings is 1. The first-order chi connectivity index (χ1) is 17.2. The third-order valence-electron chi connectivity index (χ3n) is 7.40. The number of pyridine rings is 1. The molecule has 2 aromatic heterocycles. The molecule has 1 aromatic carbocycles. The Morgan fingerprint density at radius 3 is 2.60 bits per heavy atom. The topological polar surface area (TPSA) is 107 Å². The van der Waals surface area contributed by atoms with Crippen molar-refractivity contribution in [2.24, 2.45) is 0 Å². The minimum atomic E-state index is -0.0751. The second-order valence-electron chi connectivity index (χ2n) is 9.82. The van der Waals surface area contributed by atoms with E-state index >= 15 is 0 Å². The van der Waals surface area contributed by atoms with Crippen LogP contribution in [0.4, 0.5) is 0 Å². The van der Waals surface area contributed by atoms with Crippen LogP contribution in [0.2, 0.25) is 0 Å². The highest BCUT2D eigenvalue weighted by Crippen LogP contribution is 2.34. The van der Waals surface area contributed by atoms with Crippen molar-refractivity contribution in [2.45, 2.75) is 76.7 Å². The van der Waals surface area contributed by atoms with Gasteiger partial charge in [-0.25, -0.2) is 4.68 Å². The normalized spacial score (nSPS) is 20.7. The first-order valence-corrected chi connectivity index (χ1v) is 12.8. The van der Waals surface area contributed by atoms with Crippen molar-refractivity contribution in [3.8, 4) is 11.5 Å². The average Bonchev–Trinajstić information content (AvgIpc) is 3.56. The Kier molecular flexibility index (Phi) is 6.39. The first kappa shape index (κ1) is 22.5. The highest BCUT2D eigenvalue weighted by Gasteiger charge is 2.26. The molecule has 3 aliphatic rings. The maximum atomic E-state index is 13.1. The summed E-state index contributed by atoms with van der Waals surface area (Å²) in [4.78, 5) is 18.5. The Balaban J connectivity index is 1.28. The Morgan fingerprint density at radius 2 is 1.80 bits per heavy atom. The number of hydrogen-bond donors (Lipinski definition) is 1. The van der Waals surface area contributed by atoms with Gasteiger partial charge < -0.3 is 19.2 Å². The largest absolute Gasteiger partial charge is 0.486 e. The van der Waals surface area contributed by atoms with E-state index in [0.29, 0.717) is 44.6 Å². The molecule has 1 N–H and O–H groups in total. The number of aromatic amines is 1. The third kappa shape index (κ3) is 4.90. The lowest BCUT2D eigenvalue weighted by molar-refractivity contribution is 0.0893. The molecule has 0 spiro atoms. The van der Waals surface area contributed by atoms with Crippen LogP contribution in [0.25, 0.3) is 10.9 Å². The molecule has 6 rings (SSSR count). The van der Waals surface area contributed by atoms with E-state index < -0.39 is 0 Å².